The number of hydrogen-bond donors (Lipinski definition) is 2. The largest absolute Gasteiger partial charge is 0.464 e. The lowest BCUT2D eigenvalue weighted by Crippen LogP contribution is -2.63. The summed E-state index contributed by atoms with van der Waals surface area (Å²) in [7, 11) is 2.79. The summed E-state index contributed by atoms with van der Waals surface area (Å²) in [6.45, 7) is 13.4. The number of nitrogens with zero attached hydrogens (tertiary/aromatic N) is 5. The SMILES string of the molecule is C=CC(=O)N1CC[C@H](C(=O)N(C)[C@H](C(=O)N[C@H]2Cc3cccc(c3)-c3ccc4c(c3)c(c(-c3cccnc3[C@H](C)OC)n4CC)CC(C)(C)COC(=O)[C@@H]3CCCN(N3)C2=O)C(C)C(F)(F)F)C1. The van der Waals surface area contributed by atoms with E-state index in [1.165, 1.54) is 9.91 Å². The van der Waals surface area contributed by atoms with Crippen LogP contribution in [0.15, 0.2) is 73.4 Å². The fourth-order valence-corrected chi connectivity index (χ4v) is 9.88. The van der Waals surface area contributed by atoms with Gasteiger partial charge in [-0.25, -0.2) is 5.43 Å². The molecule has 7 rings (SSSR count). The monoisotopic (exact) mass is 941 g/mol. The molecule has 3 aliphatic rings. The van der Waals surface area contributed by atoms with Crippen molar-refractivity contribution >= 4 is 40.5 Å². The molecular formula is C51H62F3N7O7. The van der Waals surface area contributed by atoms with Crippen LogP contribution in [0.2, 0.25) is 0 Å². The molecule has 14 nitrogen and oxygen atoms in total. The molecule has 4 amide bonds. The third-order valence-corrected chi connectivity index (χ3v) is 13.7. The smallest absolute Gasteiger partial charge is 0.394 e. The van der Waals surface area contributed by atoms with E-state index in [4.69, 9.17) is 14.5 Å². The summed E-state index contributed by atoms with van der Waals surface area (Å²) < 4.78 is 58.0. The number of amides is 4. The van der Waals surface area contributed by atoms with Gasteiger partial charge in [0.25, 0.3) is 5.91 Å². The van der Waals surface area contributed by atoms with Crippen LogP contribution in [0.25, 0.3) is 33.3 Å². The van der Waals surface area contributed by atoms with Gasteiger partial charge in [-0.3, -0.25) is 34.0 Å². The molecule has 6 bridgehead atoms. The molecule has 0 spiro atoms. The average molecular weight is 942 g/mol. The Labute approximate surface area is 395 Å². The highest BCUT2D eigenvalue weighted by Gasteiger charge is 2.49. The van der Waals surface area contributed by atoms with Crippen molar-refractivity contribution in [2.24, 2.45) is 17.3 Å². The highest BCUT2D eigenvalue weighted by Crippen LogP contribution is 2.42. The van der Waals surface area contributed by atoms with Gasteiger partial charge in [-0.15, -0.1) is 0 Å². The highest BCUT2D eigenvalue weighted by molar-refractivity contribution is 5.96. The summed E-state index contributed by atoms with van der Waals surface area (Å²) in [4.78, 5) is 76.1. The normalized spacial score (nSPS) is 21.4. The van der Waals surface area contributed by atoms with Crippen LogP contribution in [0.5, 0.6) is 0 Å². The first-order valence-corrected chi connectivity index (χ1v) is 23.3. The lowest BCUT2D eigenvalue weighted by atomic mass is 9.84. The number of esters is 1. The number of alkyl halides is 3. The van der Waals surface area contributed by atoms with E-state index < -0.39 is 71.2 Å². The zero-order valence-corrected chi connectivity index (χ0v) is 39.8. The minimum atomic E-state index is -4.91. The Kier molecular flexibility index (Phi) is 14.8. The van der Waals surface area contributed by atoms with E-state index in [0.29, 0.717) is 31.4 Å². The molecule has 68 heavy (non-hydrogen) atoms. The second-order valence-corrected chi connectivity index (χ2v) is 19.0. The molecule has 0 aliphatic carbocycles. The molecule has 2 saturated heterocycles. The standard InChI is InChI=1S/C51H62F3N7O7/c1-9-42(62)59-23-20-35(28-59)47(64)58(7)44(30(3)51(52,53)54)46(63)56-40-25-32-14-11-15-33(24-32)34-18-19-41-37(26-34)38(45(60(41)10-2)36-16-12-21-55-43(36)31(4)67-8)27-50(5,6)29-68-49(66)39-17-13-22-61(57-39)48(40)65/h9,11-12,14-16,18-19,21,24,26,30-31,35,39-40,44,57H,1,10,13,17,20,22-23,25,27-29H2,2-8H3,(H,56,63)/t30?,31-,35-,39-,40-,44-/m0/s1. The number of fused-ring (bicyclic) bond motifs is 6. The van der Waals surface area contributed by atoms with Gasteiger partial charge in [0.1, 0.15) is 18.1 Å². The molecule has 3 aliphatic heterocycles. The highest BCUT2D eigenvalue weighted by atomic mass is 19.4. The second-order valence-electron chi connectivity index (χ2n) is 19.0. The number of cyclic esters (lactones) is 1. The summed E-state index contributed by atoms with van der Waals surface area (Å²) in [5, 5.41) is 4.84. The Morgan fingerprint density at radius 3 is 2.53 bits per heavy atom. The van der Waals surface area contributed by atoms with Gasteiger partial charge in [-0.05, 0) is 92.1 Å². The third-order valence-electron chi connectivity index (χ3n) is 13.7. The predicted octanol–water partition coefficient (Wildman–Crippen LogP) is 6.81. The van der Waals surface area contributed by atoms with E-state index in [2.05, 4.69) is 40.9 Å². The molecule has 2 aromatic carbocycles. The Morgan fingerprint density at radius 2 is 1.82 bits per heavy atom. The molecular weight excluding hydrogens is 880 g/mol. The minimum absolute atomic E-state index is 0.0408. The first-order chi connectivity index (χ1) is 32.3. The zero-order valence-electron chi connectivity index (χ0n) is 39.8. The maximum absolute atomic E-state index is 14.7. The summed E-state index contributed by atoms with van der Waals surface area (Å²) in [6.07, 6.45) is -1.06. The third kappa shape index (κ3) is 10.3. The van der Waals surface area contributed by atoms with E-state index in [-0.39, 0.29) is 45.2 Å². The number of likely N-dealkylation sites (N-methyl/N-ethyl adjacent to an activating group) is 1. The number of carbonyl (C=O) groups excluding carboxylic acids is 5. The van der Waals surface area contributed by atoms with E-state index in [0.717, 1.165) is 69.5 Å². The number of rotatable bonds is 10. The molecule has 0 radical (unpaired) electrons. The van der Waals surface area contributed by atoms with Gasteiger partial charge in [0.15, 0.2) is 0 Å². The maximum Gasteiger partial charge on any atom is 0.394 e. The van der Waals surface area contributed by atoms with Crippen molar-refractivity contribution in [2.45, 2.75) is 104 Å². The van der Waals surface area contributed by atoms with Gasteiger partial charge in [0.05, 0.1) is 35.9 Å². The average Bonchev–Trinajstić information content (AvgIpc) is 3.94. The zero-order chi connectivity index (χ0) is 49.2. The first kappa shape index (κ1) is 49.8. The number of hydrogen-bond acceptors (Lipinski definition) is 9. The fourth-order valence-electron chi connectivity index (χ4n) is 9.88. The molecule has 5 heterocycles. The number of carbonyl (C=O) groups is 5. The molecule has 2 aromatic heterocycles. The van der Waals surface area contributed by atoms with Crippen molar-refractivity contribution in [3.8, 4) is 22.4 Å². The molecule has 2 fully saturated rings. The van der Waals surface area contributed by atoms with E-state index in [1.807, 2.05) is 57.2 Å². The number of aromatic nitrogens is 2. The van der Waals surface area contributed by atoms with Crippen LogP contribution < -0.4 is 10.7 Å². The van der Waals surface area contributed by atoms with Crippen LogP contribution >= 0.6 is 0 Å². The fraction of sp³-hybridized carbons (Fsp3) is 0.490. The number of likely N-dealkylation sites (tertiary alicyclic amines) is 1. The number of pyridine rings is 1. The number of hydrazine groups is 1. The van der Waals surface area contributed by atoms with Gasteiger partial charge in [0, 0.05) is 74.8 Å². The van der Waals surface area contributed by atoms with Crippen LogP contribution in [0.4, 0.5) is 13.2 Å². The maximum atomic E-state index is 14.7. The van der Waals surface area contributed by atoms with Crippen LogP contribution in [0.1, 0.15) is 76.8 Å². The number of benzene rings is 2. The van der Waals surface area contributed by atoms with Crippen molar-refractivity contribution in [1.29, 1.82) is 0 Å². The number of aryl methyl sites for hydroxylation is 1. The van der Waals surface area contributed by atoms with Crippen molar-refractivity contribution < 1.29 is 46.6 Å². The molecule has 1 unspecified atom stereocenters. The van der Waals surface area contributed by atoms with Gasteiger partial charge >= 0.3 is 12.1 Å². The minimum Gasteiger partial charge on any atom is -0.464 e. The number of methoxy groups -OCH3 is 1. The Balaban J connectivity index is 1.31. The molecule has 2 N–H and O–H groups in total. The van der Waals surface area contributed by atoms with Crippen molar-refractivity contribution in [1.82, 2.24) is 35.1 Å². The molecule has 4 aromatic rings. The molecule has 364 valence electrons. The molecule has 6 atom stereocenters. The van der Waals surface area contributed by atoms with Crippen LogP contribution in [0, 0.1) is 17.3 Å². The van der Waals surface area contributed by atoms with Gasteiger partial charge in [0.2, 0.25) is 17.7 Å². The quantitative estimate of drug-likeness (QED) is 0.129. The molecule has 0 saturated carbocycles. The second kappa shape index (κ2) is 20.3. The summed E-state index contributed by atoms with van der Waals surface area (Å²) in [5.41, 5.74) is 9.37. The Bertz CT molecular complexity index is 2580. The van der Waals surface area contributed by atoms with Crippen molar-refractivity contribution in [3.05, 3.63) is 90.3 Å². The first-order valence-electron chi connectivity index (χ1n) is 23.3. The van der Waals surface area contributed by atoms with Gasteiger partial charge < -0.3 is 29.2 Å². The van der Waals surface area contributed by atoms with E-state index in [1.54, 1.807) is 19.4 Å². The van der Waals surface area contributed by atoms with Crippen LogP contribution in [-0.2, 0) is 52.8 Å². The Hall–Kier alpha value is -6.07. The summed E-state index contributed by atoms with van der Waals surface area (Å²) >= 11 is 0. The number of ether oxygens (including phenoxy) is 2. The lowest BCUT2D eigenvalue weighted by Gasteiger charge is -2.37. The summed E-state index contributed by atoms with van der Waals surface area (Å²) in [5.74, 6) is -6.78. The van der Waals surface area contributed by atoms with E-state index >= 15 is 0 Å². The van der Waals surface area contributed by atoms with E-state index in [9.17, 15) is 37.1 Å². The topological polar surface area (TPSA) is 155 Å². The van der Waals surface area contributed by atoms with Crippen LogP contribution in [-0.4, -0.2) is 119 Å². The van der Waals surface area contributed by atoms with Crippen LogP contribution in [0.3, 0.4) is 0 Å². The Morgan fingerprint density at radius 1 is 1.07 bits per heavy atom. The lowest BCUT2D eigenvalue weighted by molar-refractivity contribution is -0.190. The summed E-state index contributed by atoms with van der Waals surface area (Å²) in [6, 6.07) is 13.2. The predicted molar refractivity (Wildman–Crippen MR) is 250 cm³/mol. The van der Waals surface area contributed by atoms with Crippen molar-refractivity contribution in [3.63, 3.8) is 0 Å². The number of halogens is 3. The number of nitrogens with one attached hydrogen (secondary N) is 2. The van der Waals surface area contributed by atoms with Gasteiger partial charge in [-0.2, -0.15) is 13.2 Å². The molecule has 17 heteroatoms. The van der Waals surface area contributed by atoms with Crippen molar-refractivity contribution in [2.75, 3.05) is 40.4 Å². The van der Waals surface area contributed by atoms with Gasteiger partial charge in [-0.1, -0.05) is 57.7 Å².